The van der Waals surface area contributed by atoms with E-state index in [0.717, 1.165) is 21.9 Å². The van der Waals surface area contributed by atoms with Crippen molar-refractivity contribution in [3.8, 4) is 0 Å². The summed E-state index contributed by atoms with van der Waals surface area (Å²) in [5.74, 6) is 0.469. The van der Waals surface area contributed by atoms with Crippen LogP contribution in [0.15, 0.2) is 18.3 Å². The minimum Gasteiger partial charge on any atom is -0.388 e. The van der Waals surface area contributed by atoms with Crippen LogP contribution >= 0.6 is 0 Å². The molecule has 3 aromatic rings. The van der Waals surface area contributed by atoms with Crippen LogP contribution in [0.4, 0.5) is 0 Å². The summed E-state index contributed by atoms with van der Waals surface area (Å²) in [5.41, 5.74) is 2.61. The summed E-state index contributed by atoms with van der Waals surface area (Å²) in [6.45, 7) is -0.116. The normalized spacial score (nSPS) is 11.5. The fourth-order valence-electron chi connectivity index (χ4n) is 1.57. The maximum Gasteiger partial charge on any atom is 0.155 e. The summed E-state index contributed by atoms with van der Waals surface area (Å²) in [7, 11) is 0. The Morgan fingerprint density at radius 3 is 2.79 bits per heavy atom. The van der Waals surface area contributed by atoms with Gasteiger partial charge in [-0.3, -0.25) is 0 Å². The second-order valence-electron chi connectivity index (χ2n) is 3.14. The number of hydrogen-bond donors (Lipinski definition) is 3. The van der Waals surface area contributed by atoms with Crippen molar-refractivity contribution in [3.05, 3.63) is 24.2 Å². The average Bonchev–Trinajstić information content (AvgIpc) is 2.77. The zero-order valence-corrected chi connectivity index (χ0v) is 7.28. The summed E-state index contributed by atoms with van der Waals surface area (Å²) in [6.07, 6.45) is 1.86. The molecule has 0 amide bonds. The predicted octanol–water partition coefficient (Wildman–Crippen LogP) is 0.931. The molecule has 5 heteroatoms. The number of hydrogen-bond acceptors (Lipinski definition) is 3. The molecule has 0 saturated carbocycles. The molecule has 0 radical (unpaired) electrons. The van der Waals surface area contributed by atoms with Gasteiger partial charge in [0, 0.05) is 11.6 Å². The van der Waals surface area contributed by atoms with Gasteiger partial charge in [0.25, 0.3) is 0 Å². The number of aromatic amines is 2. The lowest BCUT2D eigenvalue weighted by Crippen LogP contribution is -1.83. The molecule has 1 aromatic carbocycles. The third-order valence-electron chi connectivity index (χ3n) is 2.22. The van der Waals surface area contributed by atoms with E-state index >= 15 is 0 Å². The van der Waals surface area contributed by atoms with Crippen molar-refractivity contribution < 1.29 is 5.11 Å². The standard InChI is InChI=1S/C9H8N4O/c14-4-9-11-7-1-5-3-10-13-6(5)2-8(7)12-9/h1-3,10,13-14H,4H2. The number of nitrogens with one attached hydrogen (secondary N) is 2. The average molecular weight is 188 g/mol. The third kappa shape index (κ3) is 0.928. The van der Waals surface area contributed by atoms with E-state index < -0.39 is 0 Å². The van der Waals surface area contributed by atoms with E-state index in [0.29, 0.717) is 5.82 Å². The van der Waals surface area contributed by atoms with E-state index in [1.54, 1.807) is 0 Å². The minimum absolute atomic E-state index is 0.116. The molecule has 3 N–H and O–H groups in total. The van der Waals surface area contributed by atoms with Crippen molar-refractivity contribution in [3.63, 3.8) is 0 Å². The number of aliphatic hydroxyl groups excluding tert-OH is 1. The van der Waals surface area contributed by atoms with Gasteiger partial charge in [0.2, 0.25) is 0 Å². The molecule has 3 rings (SSSR count). The molecule has 0 spiro atoms. The van der Waals surface area contributed by atoms with Crippen LogP contribution in [0, 0.1) is 0 Å². The molecule has 0 saturated heterocycles. The van der Waals surface area contributed by atoms with Crippen molar-refractivity contribution in [2.75, 3.05) is 0 Å². The summed E-state index contributed by atoms with van der Waals surface area (Å²) in [6, 6.07) is 3.84. The van der Waals surface area contributed by atoms with Crippen molar-refractivity contribution >= 4 is 21.9 Å². The quantitative estimate of drug-likeness (QED) is 0.531. The largest absolute Gasteiger partial charge is 0.388 e. The second kappa shape index (κ2) is 2.55. The van der Waals surface area contributed by atoms with Crippen LogP contribution < -0.4 is 0 Å². The van der Waals surface area contributed by atoms with Gasteiger partial charge in [-0.2, -0.15) is 0 Å². The van der Waals surface area contributed by atoms with Gasteiger partial charge in [-0.05, 0) is 12.1 Å². The van der Waals surface area contributed by atoms with Gasteiger partial charge in [0.1, 0.15) is 6.61 Å². The molecule has 2 aromatic heterocycles. The zero-order valence-electron chi connectivity index (χ0n) is 7.28. The lowest BCUT2D eigenvalue weighted by molar-refractivity contribution is 0.273. The summed E-state index contributed by atoms with van der Waals surface area (Å²) in [4.78, 5) is 8.34. The molecule has 2 heterocycles. The Balaban J connectivity index is 2.40. The number of imidazole rings is 1. The number of aliphatic hydroxyl groups is 1. The molecular formula is C9H8N4O. The lowest BCUT2D eigenvalue weighted by atomic mass is 10.2. The molecule has 0 aliphatic rings. The Labute approximate surface area is 78.8 Å². The highest BCUT2D eigenvalue weighted by Crippen LogP contribution is 2.18. The van der Waals surface area contributed by atoms with Crippen molar-refractivity contribution in [2.24, 2.45) is 0 Å². The highest BCUT2D eigenvalue weighted by atomic mass is 16.3. The van der Waals surface area contributed by atoms with Crippen LogP contribution in [0.25, 0.3) is 21.9 Å². The maximum absolute atomic E-state index is 8.89. The molecule has 0 aliphatic carbocycles. The van der Waals surface area contributed by atoms with E-state index in [1.165, 1.54) is 0 Å². The number of H-pyrrole nitrogens is 2. The topological polar surface area (TPSA) is 77.6 Å². The Kier molecular flexibility index (Phi) is 1.37. The second-order valence-corrected chi connectivity index (χ2v) is 3.14. The summed E-state index contributed by atoms with van der Waals surface area (Å²) >= 11 is 0. The zero-order chi connectivity index (χ0) is 9.54. The van der Waals surface area contributed by atoms with Crippen molar-refractivity contribution in [2.45, 2.75) is 6.61 Å². The van der Waals surface area contributed by atoms with Crippen LogP contribution in [0.1, 0.15) is 5.82 Å². The Morgan fingerprint density at radius 2 is 2.00 bits per heavy atom. The van der Waals surface area contributed by atoms with Gasteiger partial charge >= 0.3 is 0 Å². The first kappa shape index (κ1) is 7.52. The Morgan fingerprint density at radius 1 is 1.21 bits per heavy atom. The number of fused-ring (bicyclic) bond motifs is 2. The summed E-state index contributed by atoms with van der Waals surface area (Å²) < 4.78 is 0. The smallest absolute Gasteiger partial charge is 0.155 e. The molecule has 0 atom stereocenters. The first-order valence-electron chi connectivity index (χ1n) is 4.30. The lowest BCUT2D eigenvalue weighted by Gasteiger charge is -1.87. The monoisotopic (exact) mass is 188 g/mol. The highest BCUT2D eigenvalue weighted by Gasteiger charge is 2.05. The van der Waals surface area contributed by atoms with Crippen LogP contribution in [-0.2, 0) is 6.61 Å². The maximum atomic E-state index is 8.89. The highest BCUT2D eigenvalue weighted by molar-refractivity contribution is 5.92. The van der Waals surface area contributed by atoms with E-state index in [2.05, 4.69) is 20.2 Å². The molecule has 5 nitrogen and oxygen atoms in total. The molecule has 0 bridgehead atoms. The Bertz CT molecular complexity index is 547. The molecular weight excluding hydrogens is 180 g/mol. The first-order chi connectivity index (χ1) is 6.86. The molecule has 0 fully saturated rings. The fraction of sp³-hybridized carbons (Fsp3) is 0.111. The van der Waals surface area contributed by atoms with Gasteiger partial charge in [-0.15, -0.1) is 0 Å². The first-order valence-corrected chi connectivity index (χ1v) is 4.30. The van der Waals surface area contributed by atoms with Gasteiger partial charge in [0.15, 0.2) is 5.82 Å². The van der Waals surface area contributed by atoms with E-state index in [9.17, 15) is 0 Å². The molecule has 0 aliphatic heterocycles. The third-order valence-corrected chi connectivity index (χ3v) is 2.22. The SMILES string of the molecule is OCc1nc2cc3c[nH][nH]c3cc2n1. The number of benzene rings is 1. The molecule has 14 heavy (non-hydrogen) atoms. The van der Waals surface area contributed by atoms with E-state index in [-0.39, 0.29) is 6.61 Å². The molecule has 70 valence electrons. The minimum atomic E-state index is -0.116. The fourth-order valence-corrected chi connectivity index (χ4v) is 1.57. The van der Waals surface area contributed by atoms with Crippen LogP contribution in [-0.4, -0.2) is 25.3 Å². The Hall–Kier alpha value is -1.88. The van der Waals surface area contributed by atoms with Gasteiger partial charge in [0.05, 0.1) is 16.6 Å². The van der Waals surface area contributed by atoms with E-state index in [4.69, 9.17) is 5.11 Å². The van der Waals surface area contributed by atoms with Crippen LogP contribution in [0.3, 0.4) is 0 Å². The molecule has 0 unspecified atom stereocenters. The van der Waals surface area contributed by atoms with Crippen molar-refractivity contribution in [1.29, 1.82) is 0 Å². The number of nitrogens with zero attached hydrogens (tertiary/aromatic N) is 2. The predicted molar refractivity (Wildman–Crippen MR) is 51.7 cm³/mol. The van der Waals surface area contributed by atoms with Crippen molar-refractivity contribution in [1.82, 2.24) is 20.2 Å². The number of rotatable bonds is 1. The van der Waals surface area contributed by atoms with Gasteiger partial charge in [-0.1, -0.05) is 0 Å². The van der Waals surface area contributed by atoms with Crippen LogP contribution in [0.5, 0.6) is 0 Å². The van der Waals surface area contributed by atoms with Crippen LogP contribution in [0.2, 0.25) is 0 Å². The number of aromatic nitrogens is 4. The van der Waals surface area contributed by atoms with E-state index in [1.807, 2.05) is 18.3 Å². The van der Waals surface area contributed by atoms with Gasteiger partial charge in [-0.25, -0.2) is 9.97 Å². The van der Waals surface area contributed by atoms with Gasteiger partial charge < -0.3 is 15.3 Å². The summed E-state index contributed by atoms with van der Waals surface area (Å²) in [5, 5.41) is 15.8.